The topological polar surface area (TPSA) is 34.2 Å². The van der Waals surface area contributed by atoms with Crippen molar-refractivity contribution in [2.75, 3.05) is 6.61 Å². The number of aromatic amines is 1. The maximum Gasteiger partial charge on any atom is 0.416 e. The maximum absolute atomic E-state index is 13.8. The number of hydrogen-bond donors (Lipinski definition) is 1. The molecule has 0 spiro atoms. The van der Waals surface area contributed by atoms with E-state index in [1.165, 1.54) is 17.3 Å². The van der Waals surface area contributed by atoms with Crippen LogP contribution in [0.5, 0.6) is 5.75 Å². The van der Waals surface area contributed by atoms with Crippen molar-refractivity contribution in [3.8, 4) is 5.75 Å². The number of allylic oxidation sites excluding steroid dienone is 1. The summed E-state index contributed by atoms with van der Waals surface area (Å²) in [7, 11) is 0. The molecular weight excluding hydrogens is 451 g/mol. The van der Waals surface area contributed by atoms with Crippen LogP contribution in [0.2, 0.25) is 0 Å². The Kier molecular flexibility index (Phi) is 6.56. The van der Waals surface area contributed by atoms with Crippen LogP contribution in [0.15, 0.2) is 48.7 Å². The predicted molar refractivity (Wildman–Crippen MR) is 132 cm³/mol. The molecule has 1 heterocycles. The highest BCUT2D eigenvalue weighted by Gasteiger charge is 2.36. The molecule has 5 rings (SSSR count). The molecule has 0 unspecified atom stereocenters. The minimum atomic E-state index is -4.36. The summed E-state index contributed by atoms with van der Waals surface area (Å²) in [5, 5.41) is 1.12. The summed E-state index contributed by atoms with van der Waals surface area (Å²) in [6, 6.07) is 10.6. The Morgan fingerprint density at radius 2 is 1.89 bits per heavy atom. The molecule has 0 bridgehead atoms. The van der Waals surface area contributed by atoms with E-state index in [9.17, 15) is 13.2 Å². The largest absolute Gasteiger partial charge is 0.499 e. The van der Waals surface area contributed by atoms with Gasteiger partial charge in [0.2, 0.25) is 0 Å². The summed E-state index contributed by atoms with van der Waals surface area (Å²) < 4.78 is 52.9. The lowest BCUT2D eigenvalue weighted by Crippen LogP contribution is -2.12. The number of benzene rings is 2. The number of hydrogen-bond acceptors (Lipinski definition) is 2. The fraction of sp³-hybridized carbons (Fsp3) is 0.448. The summed E-state index contributed by atoms with van der Waals surface area (Å²) in [6.07, 6.45) is 2.13. The van der Waals surface area contributed by atoms with Crippen molar-refractivity contribution < 1.29 is 22.6 Å². The van der Waals surface area contributed by atoms with Crippen molar-refractivity contribution >= 4 is 10.9 Å². The van der Waals surface area contributed by atoms with Gasteiger partial charge in [-0.15, -0.1) is 0 Å². The van der Waals surface area contributed by atoms with E-state index < -0.39 is 11.7 Å². The van der Waals surface area contributed by atoms with E-state index in [-0.39, 0.29) is 12.5 Å². The molecule has 1 N–H and O–H groups in total. The molecule has 3 nitrogen and oxygen atoms in total. The van der Waals surface area contributed by atoms with E-state index in [0.717, 1.165) is 61.6 Å². The van der Waals surface area contributed by atoms with Gasteiger partial charge in [-0.05, 0) is 79.5 Å². The third-order valence-electron chi connectivity index (χ3n) is 7.51. The fourth-order valence-electron chi connectivity index (χ4n) is 5.86. The first-order chi connectivity index (χ1) is 16.8. The molecule has 3 aromatic rings. The molecule has 1 saturated carbocycles. The molecule has 1 fully saturated rings. The smallest absolute Gasteiger partial charge is 0.416 e. The van der Waals surface area contributed by atoms with E-state index >= 15 is 0 Å². The van der Waals surface area contributed by atoms with Crippen molar-refractivity contribution in [3.05, 3.63) is 76.7 Å². The molecule has 6 heteroatoms. The minimum Gasteiger partial charge on any atom is -0.499 e. The molecule has 1 atom stereocenters. The van der Waals surface area contributed by atoms with Gasteiger partial charge in [-0.25, -0.2) is 0 Å². The third-order valence-corrected chi connectivity index (χ3v) is 7.51. The van der Waals surface area contributed by atoms with Gasteiger partial charge in [-0.2, -0.15) is 13.2 Å². The molecule has 2 aliphatic rings. The number of fused-ring (bicyclic) bond motifs is 3. The number of ether oxygens (including phenoxy) is 2. The van der Waals surface area contributed by atoms with Gasteiger partial charge in [0.15, 0.2) is 0 Å². The summed E-state index contributed by atoms with van der Waals surface area (Å²) in [5.74, 6) is 1.84. The highest BCUT2D eigenvalue weighted by Crippen LogP contribution is 2.43. The number of rotatable bonds is 8. The van der Waals surface area contributed by atoms with Gasteiger partial charge in [-0.1, -0.05) is 31.6 Å². The Labute approximate surface area is 204 Å². The second kappa shape index (κ2) is 9.63. The van der Waals surface area contributed by atoms with Crippen LogP contribution >= 0.6 is 0 Å². The first kappa shape index (κ1) is 23.8. The SMILES string of the molecule is C=C(C[C@@H]1CCc2c1[nH]c1ccc(OCc3ccc(C4CCCC4)c(C(F)(F)F)c3)cc21)OCC. The van der Waals surface area contributed by atoms with Crippen LogP contribution in [0.25, 0.3) is 10.9 Å². The van der Waals surface area contributed by atoms with Gasteiger partial charge in [0, 0.05) is 28.9 Å². The number of aryl methyl sites for hydroxylation is 1. The fourth-order valence-corrected chi connectivity index (χ4v) is 5.86. The zero-order valence-electron chi connectivity index (χ0n) is 20.1. The van der Waals surface area contributed by atoms with Gasteiger partial charge in [0.25, 0.3) is 0 Å². The van der Waals surface area contributed by atoms with E-state index in [1.807, 2.05) is 25.1 Å². The number of nitrogens with one attached hydrogen (secondary N) is 1. The summed E-state index contributed by atoms with van der Waals surface area (Å²) in [6.45, 7) is 6.71. The average Bonchev–Trinajstić information content (AvgIpc) is 3.55. The van der Waals surface area contributed by atoms with Crippen molar-refractivity contribution in [2.45, 2.75) is 76.5 Å². The number of aromatic nitrogens is 1. The first-order valence-electron chi connectivity index (χ1n) is 12.6. The van der Waals surface area contributed by atoms with E-state index in [0.29, 0.717) is 29.4 Å². The molecule has 0 amide bonds. The van der Waals surface area contributed by atoms with Crippen LogP contribution in [-0.2, 0) is 23.9 Å². The zero-order chi connectivity index (χ0) is 24.6. The van der Waals surface area contributed by atoms with Crippen molar-refractivity contribution in [2.24, 2.45) is 0 Å². The summed E-state index contributed by atoms with van der Waals surface area (Å²) in [5.41, 5.74) is 4.03. The average molecular weight is 484 g/mol. The number of alkyl halides is 3. The monoisotopic (exact) mass is 483 g/mol. The molecular formula is C29H32F3NO2. The van der Waals surface area contributed by atoms with Gasteiger partial charge in [0.05, 0.1) is 17.9 Å². The summed E-state index contributed by atoms with van der Waals surface area (Å²) >= 11 is 0. The van der Waals surface area contributed by atoms with Crippen molar-refractivity contribution in [1.82, 2.24) is 4.98 Å². The van der Waals surface area contributed by atoms with Gasteiger partial charge < -0.3 is 14.5 Å². The Hall–Kier alpha value is -2.89. The Balaban J connectivity index is 1.33. The molecule has 0 saturated heterocycles. The van der Waals surface area contributed by atoms with Crippen LogP contribution in [0.3, 0.4) is 0 Å². The molecule has 0 radical (unpaired) electrons. The zero-order valence-corrected chi connectivity index (χ0v) is 20.1. The van der Waals surface area contributed by atoms with Crippen LogP contribution in [0.4, 0.5) is 13.2 Å². The van der Waals surface area contributed by atoms with E-state index in [4.69, 9.17) is 9.47 Å². The molecule has 1 aromatic heterocycles. The Morgan fingerprint density at radius 1 is 1.09 bits per heavy atom. The van der Waals surface area contributed by atoms with Crippen molar-refractivity contribution in [1.29, 1.82) is 0 Å². The van der Waals surface area contributed by atoms with Gasteiger partial charge in [0.1, 0.15) is 12.4 Å². The van der Waals surface area contributed by atoms with Gasteiger partial charge >= 0.3 is 6.18 Å². The number of H-pyrrole nitrogens is 1. The lowest BCUT2D eigenvalue weighted by Gasteiger charge is -2.19. The molecule has 0 aliphatic heterocycles. The van der Waals surface area contributed by atoms with Crippen LogP contribution in [0.1, 0.15) is 85.2 Å². The van der Waals surface area contributed by atoms with Gasteiger partial charge in [-0.3, -0.25) is 0 Å². The highest BCUT2D eigenvalue weighted by molar-refractivity contribution is 5.87. The third kappa shape index (κ3) is 4.93. The summed E-state index contributed by atoms with van der Waals surface area (Å²) in [4.78, 5) is 3.55. The highest BCUT2D eigenvalue weighted by atomic mass is 19.4. The second-order valence-electron chi connectivity index (χ2n) is 9.83. The van der Waals surface area contributed by atoms with Crippen LogP contribution < -0.4 is 4.74 Å². The Morgan fingerprint density at radius 3 is 2.63 bits per heavy atom. The van der Waals surface area contributed by atoms with E-state index in [2.05, 4.69) is 11.6 Å². The standard InChI is InChI=1S/C29H32F3NO2/c1-3-34-18(2)14-21-9-12-24-25-16-22(10-13-27(25)33-28(21)24)35-17-19-8-11-23(20-6-4-5-7-20)26(15-19)29(30,31)32/h8,10-11,13,15-16,20-21,33H,2-7,9,12,14,17H2,1H3/t21-/m0/s1. The van der Waals surface area contributed by atoms with E-state index in [1.54, 1.807) is 12.1 Å². The quantitative estimate of drug-likeness (QED) is 0.327. The van der Waals surface area contributed by atoms with Crippen molar-refractivity contribution in [3.63, 3.8) is 0 Å². The van der Waals surface area contributed by atoms with Crippen LogP contribution in [-0.4, -0.2) is 11.6 Å². The lowest BCUT2D eigenvalue weighted by atomic mass is 9.91. The number of halogens is 3. The molecule has 186 valence electrons. The maximum atomic E-state index is 13.8. The normalized spacial score (nSPS) is 18.2. The lowest BCUT2D eigenvalue weighted by molar-refractivity contribution is -0.138. The second-order valence-corrected chi connectivity index (χ2v) is 9.83. The Bertz CT molecular complexity index is 1220. The first-order valence-corrected chi connectivity index (χ1v) is 12.6. The minimum absolute atomic E-state index is 0.00853. The van der Waals surface area contributed by atoms with Crippen LogP contribution in [0, 0.1) is 0 Å². The molecule has 35 heavy (non-hydrogen) atoms. The molecule has 2 aromatic carbocycles. The predicted octanol–water partition coefficient (Wildman–Crippen LogP) is 8.39. The molecule has 2 aliphatic carbocycles.